The van der Waals surface area contributed by atoms with Gasteiger partial charge in [0.2, 0.25) is 0 Å². The fraction of sp³-hybridized carbons (Fsp3) is 0.250. The van der Waals surface area contributed by atoms with E-state index in [1.165, 1.54) is 0 Å². The molecule has 6 N–H and O–H groups in total. The van der Waals surface area contributed by atoms with Crippen LogP contribution in [-0.2, 0) is 9.47 Å². The highest BCUT2D eigenvalue weighted by Gasteiger charge is 2.24. The Morgan fingerprint density at radius 3 is 1.53 bits per heavy atom. The second-order valence-electron chi connectivity index (χ2n) is 5.74. The summed E-state index contributed by atoms with van der Waals surface area (Å²) in [4.78, 5) is 64.3. The van der Waals surface area contributed by atoms with Crippen LogP contribution < -0.4 is 31.9 Å². The minimum absolute atomic E-state index is 0.104. The lowest BCUT2D eigenvalue weighted by molar-refractivity contribution is 0.167. The van der Waals surface area contributed by atoms with E-state index in [0.717, 1.165) is 12.7 Å². The quantitative estimate of drug-likeness (QED) is 0.402. The van der Waals surface area contributed by atoms with E-state index in [1.807, 2.05) is 0 Å². The van der Waals surface area contributed by atoms with Gasteiger partial charge in [0.05, 0.1) is 13.2 Å². The fourth-order valence-corrected chi connectivity index (χ4v) is 2.42. The van der Waals surface area contributed by atoms with Crippen molar-refractivity contribution < 1.29 is 28.7 Å². The number of carbonyl (C=O) groups is 4. The maximum atomic E-state index is 12.6. The third-order valence-corrected chi connectivity index (χ3v) is 3.63. The zero-order valence-corrected chi connectivity index (χ0v) is 16.8. The summed E-state index contributed by atoms with van der Waals surface area (Å²) in [5, 5.41) is 14.3. The number of anilines is 6. The molecule has 3 rings (SSSR count). The van der Waals surface area contributed by atoms with Gasteiger partial charge in [0, 0.05) is 0 Å². The minimum Gasteiger partial charge on any atom is -0.450 e. The summed E-state index contributed by atoms with van der Waals surface area (Å²) >= 11 is 0. The molecule has 6 amide bonds. The number of fused-ring (bicyclic) bond motifs is 2. The highest BCUT2D eigenvalue weighted by molar-refractivity contribution is 6.13. The molecule has 0 spiro atoms. The molecule has 0 unspecified atom stereocenters. The third kappa shape index (κ3) is 5.23. The summed E-state index contributed by atoms with van der Waals surface area (Å²) in [6.07, 6.45) is 0.447. The number of hydrogen-bond donors (Lipinski definition) is 6. The molecule has 0 aliphatic carbocycles. The zero-order chi connectivity index (χ0) is 23.1. The number of ether oxygens (including phenoxy) is 2. The van der Waals surface area contributed by atoms with E-state index in [9.17, 15) is 19.2 Å². The molecule has 16 heteroatoms. The van der Waals surface area contributed by atoms with Gasteiger partial charge in [-0.05, 0) is 13.8 Å². The average Bonchev–Trinajstić information content (AvgIpc) is 2.72. The number of nitrogens with one attached hydrogen (secondary N) is 6. The third-order valence-electron chi connectivity index (χ3n) is 3.63. The first-order valence-corrected chi connectivity index (χ1v) is 9.14. The summed E-state index contributed by atoms with van der Waals surface area (Å²) in [7, 11) is 0. The topological polar surface area (TPSA) is 210 Å². The van der Waals surface area contributed by atoms with Gasteiger partial charge in [-0.3, -0.25) is 21.3 Å². The van der Waals surface area contributed by atoms with Crippen LogP contribution in [0.2, 0.25) is 0 Å². The summed E-state index contributed by atoms with van der Waals surface area (Å²) in [5.74, 6) is -0.534. The van der Waals surface area contributed by atoms with E-state index in [1.54, 1.807) is 13.8 Å². The van der Waals surface area contributed by atoms with E-state index in [0.29, 0.717) is 0 Å². The van der Waals surface area contributed by atoms with Crippen LogP contribution in [0.25, 0.3) is 0 Å². The fourth-order valence-electron chi connectivity index (χ4n) is 2.42. The molecule has 32 heavy (non-hydrogen) atoms. The van der Waals surface area contributed by atoms with Gasteiger partial charge in [0.25, 0.3) is 0 Å². The predicted octanol–water partition coefficient (Wildman–Crippen LogP) is 2.00. The van der Waals surface area contributed by atoms with E-state index in [-0.39, 0.29) is 47.9 Å². The summed E-state index contributed by atoms with van der Waals surface area (Å²) in [6, 6.07) is -1.65. The van der Waals surface area contributed by atoms with Gasteiger partial charge < -0.3 is 20.1 Å². The molecule has 0 saturated carbocycles. The second-order valence-corrected chi connectivity index (χ2v) is 5.74. The van der Waals surface area contributed by atoms with Gasteiger partial charge in [-0.25, -0.2) is 39.1 Å². The highest BCUT2D eigenvalue weighted by Crippen LogP contribution is 2.31. The first-order valence-electron chi connectivity index (χ1n) is 9.14. The number of hydrogen-bond acceptors (Lipinski definition) is 10. The van der Waals surface area contributed by atoms with Gasteiger partial charge in [0.1, 0.15) is 24.0 Å². The van der Waals surface area contributed by atoms with Crippen LogP contribution in [0.4, 0.5) is 53.8 Å². The van der Waals surface area contributed by atoms with Crippen LogP contribution in [0.3, 0.4) is 0 Å². The van der Waals surface area contributed by atoms with Gasteiger partial charge in [0.15, 0.2) is 23.3 Å². The highest BCUT2D eigenvalue weighted by atomic mass is 16.6. The Hall–Kier alpha value is -4.76. The first-order chi connectivity index (χ1) is 15.4. The Balaban J connectivity index is 1.94. The molecule has 16 nitrogen and oxygen atoms in total. The van der Waals surface area contributed by atoms with Crippen LogP contribution in [0, 0.1) is 0 Å². The molecule has 0 fully saturated rings. The summed E-state index contributed by atoms with van der Waals surface area (Å²) in [5.41, 5.74) is -0.230. The molecular weight excluding hydrogens is 428 g/mol. The maximum absolute atomic E-state index is 12.6. The lowest BCUT2D eigenvalue weighted by Crippen LogP contribution is -2.30. The van der Waals surface area contributed by atoms with Crippen LogP contribution in [-0.4, -0.2) is 57.4 Å². The molecule has 0 saturated heterocycles. The lowest BCUT2D eigenvalue weighted by atomic mass is 10.3. The Labute approximate surface area is 179 Å². The van der Waals surface area contributed by atoms with E-state index in [2.05, 4.69) is 51.8 Å². The number of amides is 6. The normalized spacial score (nSPS) is 12.4. The summed E-state index contributed by atoms with van der Waals surface area (Å²) < 4.78 is 9.59. The molecule has 2 aromatic rings. The van der Waals surface area contributed by atoms with Crippen molar-refractivity contribution in [2.45, 2.75) is 13.8 Å². The molecule has 2 aromatic heterocycles. The largest absolute Gasteiger partial charge is 0.450 e. The monoisotopic (exact) mass is 446 g/mol. The molecule has 3 heterocycles. The average molecular weight is 446 g/mol. The second kappa shape index (κ2) is 9.83. The first kappa shape index (κ1) is 21.9. The number of aromatic nitrogens is 4. The van der Waals surface area contributed by atoms with Crippen molar-refractivity contribution in [1.29, 1.82) is 0 Å². The van der Waals surface area contributed by atoms with Crippen molar-refractivity contribution in [3.63, 3.8) is 0 Å². The molecule has 0 atom stereocenters. The van der Waals surface area contributed by atoms with Crippen molar-refractivity contribution in [2.24, 2.45) is 0 Å². The van der Waals surface area contributed by atoms with E-state index in [4.69, 9.17) is 9.47 Å². The molecule has 1 aliphatic heterocycles. The Kier molecular flexibility index (Phi) is 6.74. The van der Waals surface area contributed by atoms with Gasteiger partial charge in [-0.2, -0.15) is 0 Å². The number of urea groups is 2. The Morgan fingerprint density at radius 2 is 1.16 bits per heavy atom. The standard InChI is InChI=1S/C16H18N10O6/c1-3-31-15(29)25-11-7-9(17-5-19-11)23-14(28)22-8-10(24-13(27)21-7)18-6-20-12(8)26-16(30)32-4-2/h5-6H,3-4H2,1-2H3,(H3,17,19,22,23,25,28,29)(H3,18,20,21,24,26,27,30). The number of carbonyl (C=O) groups excluding carboxylic acids is 4. The molecule has 0 radical (unpaired) electrons. The van der Waals surface area contributed by atoms with Gasteiger partial charge in [-0.15, -0.1) is 0 Å². The van der Waals surface area contributed by atoms with Gasteiger partial charge >= 0.3 is 24.2 Å². The van der Waals surface area contributed by atoms with Crippen molar-refractivity contribution in [2.75, 3.05) is 45.1 Å². The van der Waals surface area contributed by atoms with Crippen molar-refractivity contribution in [3.8, 4) is 0 Å². The molecule has 168 valence electrons. The molecule has 0 aromatic carbocycles. The number of rotatable bonds is 4. The van der Waals surface area contributed by atoms with Crippen molar-refractivity contribution in [1.82, 2.24) is 19.9 Å². The Bertz CT molecular complexity index is 978. The SMILES string of the molecule is CCOC(=O)Nc1ncnc2c1NC(=O)Nc1ncnc(NC(=O)OCC)c1NC(=O)N2. The van der Waals surface area contributed by atoms with E-state index < -0.39 is 24.2 Å². The minimum atomic E-state index is -0.829. The molecule has 1 aliphatic rings. The predicted molar refractivity (Wildman–Crippen MR) is 111 cm³/mol. The smallest absolute Gasteiger partial charge is 0.412 e. The van der Waals surface area contributed by atoms with Crippen LogP contribution >= 0.6 is 0 Å². The zero-order valence-electron chi connectivity index (χ0n) is 16.8. The van der Waals surface area contributed by atoms with E-state index >= 15 is 0 Å². The van der Waals surface area contributed by atoms with Crippen LogP contribution in [0.15, 0.2) is 12.7 Å². The van der Waals surface area contributed by atoms with Crippen molar-refractivity contribution in [3.05, 3.63) is 12.7 Å². The Morgan fingerprint density at radius 1 is 0.750 bits per heavy atom. The number of nitrogens with zero attached hydrogens (tertiary/aromatic N) is 4. The van der Waals surface area contributed by atoms with Crippen LogP contribution in [0.5, 0.6) is 0 Å². The van der Waals surface area contributed by atoms with Crippen LogP contribution in [0.1, 0.15) is 13.8 Å². The van der Waals surface area contributed by atoms with Gasteiger partial charge in [-0.1, -0.05) is 0 Å². The molecular formula is C16H18N10O6. The summed E-state index contributed by atoms with van der Waals surface area (Å²) in [6.45, 7) is 3.43. The maximum Gasteiger partial charge on any atom is 0.412 e. The van der Waals surface area contributed by atoms with Crippen molar-refractivity contribution >= 4 is 58.9 Å². The molecule has 0 bridgehead atoms. The lowest BCUT2D eigenvalue weighted by Gasteiger charge is -2.20.